The Morgan fingerprint density at radius 3 is 2.82 bits per heavy atom. The van der Waals surface area contributed by atoms with Crippen molar-refractivity contribution in [1.82, 2.24) is 5.32 Å². The van der Waals surface area contributed by atoms with Crippen LogP contribution in [-0.2, 0) is 6.54 Å². The van der Waals surface area contributed by atoms with E-state index in [1.807, 2.05) is 0 Å². The molecule has 2 rings (SSSR count). The van der Waals surface area contributed by atoms with E-state index in [0.29, 0.717) is 0 Å². The molecular formula is C15H23NS. The summed E-state index contributed by atoms with van der Waals surface area (Å²) < 4.78 is 0. The molecule has 0 aliphatic heterocycles. The zero-order valence-electron chi connectivity index (χ0n) is 10.7. The SMILES string of the molecule is CCNCc1cccc(SC2CCCCC2)c1. The molecule has 1 saturated carbocycles. The molecule has 0 spiro atoms. The fourth-order valence-electron chi connectivity index (χ4n) is 2.37. The van der Waals surface area contributed by atoms with Crippen molar-refractivity contribution in [1.29, 1.82) is 0 Å². The van der Waals surface area contributed by atoms with Crippen molar-refractivity contribution in [3.8, 4) is 0 Å². The molecule has 1 aromatic rings. The van der Waals surface area contributed by atoms with Crippen LogP contribution >= 0.6 is 11.8 Å². The summed E-state index contributed by atoms with van der Waals surface area (Å²) in [6.07, 6.45) is 7.10. The highest BCUT2D eigenvalue weighted by Crippen LogP contribution is 2.33. The molecule has 0 bridgehead atoms. The molecule has 1 aliphatic carbocycles. The Morgan fingerprint density at radius 2 is 2.06 bits per heavy atom. The van der Waals surface area contributed by atoms with Gasteiger partial charge in [0.15, 0.2) is 0 Å². The lowest BCUT2D eigenvalue weighted by Gasteiger charge is -2.21. The smallest absolute Gasteiger partial charge is 0.0205 e. The van der Waals surface area contributed by atoms with E-state index in [2.05, 4.69) is 48.3 Å². The summed E-state index contributed by atoms with van der Waals surface area (Å²) in [5, 5.41) is 4.25. The largest absolute Gasteiger partial charge is 0.313 e. The fourth-order valence-corrected chi connectivity index (χ4v) is 3.70. The van der Waals surface area contributed by atoms with Crippen LogP contribution in [0.2, 0.25) is 0 Å². The van der Waals surface area contributed by atoms with E-state index in [1.165, 1.54) is 42.6 Å². The highest BCUT2D eigenvalue weighted by atomic mass is 32.2. The van der Waals surface area contributed by atoms with Crippen LogP contribution in [-0.4, -0.2) is 11.8 Å². The molecule has 0 heterocycles. The van der Waals surface area contributed by atoms with E-state index >= 15 is 0 Å². The first kappa shape index (κ1) is 13.0. The van der Waals surface area contributed by atoms with E-state index in [9.17, 15) is 0 Å². The molecule has 1 fully saturated rings. The second-order valence-electron chi connectivity index (χ2n) is 4.81. The molecular weight excluding hydrogens is 226 g/mol. The van der Waals surface area contributed by atoms with Gasteiger partial charge in [0.25, 0.3) is 0 Å². The molecule has 17 heavy (non-hydrogen) atoms. The Bertz CT molecular complexity index is 331. The van der Waals surface area contributed by atoms with Gasteiger partial charge >= 0.3 is 0 Å². The minimum Gasteiger partial charge on any atom is -0.313 e. The lowest BCUT2D eigenvalue weighted by Crippen LogP contribution is -2.11. The average Bonchev–Trinajstić information content (AvgIpc) is 2.38. The van der Waals surface area contributed by atoms with Crippen LogP contribution in [0, 0.1) is 0 Å². The van der Waals surface area contributed by atoms with Crippen LogP contribution in [0.15, 0.2) is 29.2 Å². The lowest BCUT2D eigenvalue weighted by atomic mass is 10.0. The van der Waals surface area contributed by atoms with Gasteiger partial charge in [0, 0.05) is 16.7 Å². The van der Waals surface area contributed by atoms with E-state index in [1.54, 1.807) is 0 Å². The Labute approximate surface area is 109 Å². The van der Waals surface area contributed by atoms with Crippen molar-refractivity contribution < 1.29 is 0 Å². The zero-order valence-corrected chi connectivity index (χ0v) is 11.6. The summed E-state index contributed by atoms with van der Waals surface area (Å²) >= 11 is 2.08. The second-order valence-corrected chi connectivity index (χ2v) is 6.18. The molecule has 0 atom stereocenters. The van der Waals surface area contributed by atoms with Gasteiger partial charge in [-0.15, -0.1) is 11.8 Å². The van der Waals surface area contributed by atoms with Gasteiger partial charge in [0.2, 0.25) is 0 Å². The minimum absolute atomic E-state index is 0.859. The standard InChI is InChI=1S/C15H23NS/c1-2-16-12-13-7-6-10-15(11-13)17-14-8-4-3-5-9-14/h6-7,10-11,14,16H,2-5,8-9,12H2,1H3. The van der Waals surface area contributed by atoms with Gasteiger partial charge in [-0.2, -0.15) is 0 Å². The van der Waals surface area contributed by atoms with Crippen LogP contribution < -0.4 is 5.32 Å². The summed E-state index contributed by atoms with van der Waals surface area (Å²) in [6.45, 7) is 4.19. The van der Waals surface area contributed by atoms with E-state index < -0.39 is 0 Å². The summed E-state index contributed by atoms with van der Waals surface area (Å²) in [7, 11) is 0. The van der Waals surface area contributed by atoms with Crippen molar-refractivity contribution in [3.63, 3.8) is 0 Å². The van der Waals surface area contributed by atoms with Gasteiger partial charge in [-0.25, -0.2) is 0 Å². The van der Waals surface area contributed by atoms with Crippen LogP contribution in [0.25, 0.3) is 0 Å². The zero-order chi connectivity index (χ0) is 11.9. The van der Waals surface area contributed by atoms with Crippen molar-refractivity contribution >= 4 is 11.8 Å². The molecule has 1 aromatic carbocycles. The number of rotatable bonds is 5. The first-order chi connectivity index (χ1) is 8.38. The second kappa shape index (κ2) is 7.07. The Kier molecular flexibility index (Phi) is 5.40. The summed E-state index contributed by atoms with van der Waals surface area (Å²) in [5.74, 6) is 0. The lowest BCUT2D eigenvalue weighted by molar-refractivity contribution is 0.516. The van der Waals surface area contributed by atoms with Crippen molar-refractivity contribution in [2.45, 2.75) is 55.7 Å². The maximum atomic E-state index is 3.39. The van der Waals surface area contributed by atoms with Crippen LogP contribution in [0.5, 0.6) is 0 Å². The third-order valence-corrected chi connectivity index (χ3v) is 4.66. The monoisotopic (exact) mass is 249 g/mol. The third-order valence-electron chi connectivity index (χ3n) is 3.33. The maximum absolute atomic E-state index is 3.39. The van der Waals surface area contributed by atoms with Crippen molar-refractivity contribution in [2.75, 3.05) is 6.54 Å². The normalized spacial score (nSPS) is 17.2. The molecule has 1 nitrogen and oxygen atoms in total. The van der Waals surface area contributed by atoms with E-state index in [0.717, 1.165) is 18.3 Å². The Morgan fingerprint density at radius 1 is 1.24 bits per heavy atom. The highest BCUT2D eigenvalue weighted by Gasteiger charge is 2.14. The average molecular weight is 249 g/mol. The number of thioether (sulfide) groups is 1. The molecule has 2 heteroatoms. The number of hydrogen-bond donors (Lipinski definition) is 1. The highest BCUT2D eigenvalue weighted by molar-refractivity contribution is 8.00. The number of hydrogen-bond acceptors (Lipinski definition) is 2. The Hall–Kier alpha value is -0.470. The summed E-state index contributed by atoms with van der Waals surface area (Å²) in [4.78, 5) is 1.45. The number of benzene rings is 1. The molecule has 1 aliphatic rings. The van der Waals surface area contributed by atoms with Gasteiger partial charge in [0.05, 0.1) is 0 Å². The van der Waals surface area contributed by atoms with Gasteiger partial charge in [-0.3, -0.25) is 0 Å². The predicted molar refractivity (Wildman–Crippen MR) is 76.6 cm³/mol. The summed E-state index contributed by atoms with van der Waals surface area (Å²) in [6, 6.07) is 9.02. The number of nitrogens with one attached hydrogen (secondary N) is 1. The van der Waals surface area contributed by atoms with Gasteiger partial charge in [-0.05, 0) is 37.1 Å². The molecule has 0 saturated heterocycles. The topological polar surface area (TPSA) is 12.0 Å². The molecule has 0 unspecified atom stereocenters. The minimum atomic E-state index is 0.859. The van der Waals surface area contributed by atoms with E-state index in [-0.39, 0.29) is 0 Å². The molecule has 0 amide bonds. The molecule has 0 aromatic heterocycles. The van der Waals surface area contributed by atoms with Crippen LogP contribution in [0.3, 0.4) is 0 Å². The third kappa shape index (κ3) is 4.36. The molecule has 94 valence electrons. The maximum Gasteiger partial charge on any atom is 0.0205 e. The van der Waals surface area contributed by atoms with Crippen LogP contribution in [0.4, 0.5) is 0 Å². The first-order valence-corrected chi connectivity index (χ1v) is 7.73. The van der Waals surface area contributed by atoms with E-state index in [4.69, 9.17) is 0 Å². The van der Waals surface area contributed by atoms with Crippen LogP contribution in [0.1, 0.15) is 44.6 Å². The van der Waals surface area contributed by atoms with Crippen molar-refractivity contribution in [3.05, 3.63) is 29.8 Å². The fraction of sp³-hybridized carbons (Fsp3) is 0.600. The Balaban J connectivity index is 1.90. The molecule has 1 N–H and O–H groups in total. The quantitative estimate of drug-likeness (QED) is 0.838. The molecule has 0 radical (unpaired) electrons. The first-order valence-electron chi connectivity index (χ1n) is 6.85. The summed E-state index contributed by atoms with van der Waals surface area (Å²) in [5.41, 5.74) is 1.41. The predicted octanol–water partition coefficient (Wildman–Crippen LogP) is 4.22. The van der Waals surface area contributed by atoms with Gasteiger partial charge < -0.3 is 5.32 Å². The van der Waals surface area contributed by atoms with Gasteiger partial charge in [0.1, 0.15) is 0 Å². The van der Waals surface area contributed by atoms with Gasteiger partial charge in [-0.1, -0.05) is 38.3 Å². The van der Waals surface area contributed by atoms with Crippen molar-refractivity contribution in [2.24, 2.45) is 0 Å².